The number of nitrogens with zero attached hydrogens (tertiary/aromatic N) is 1. The van der Waals surface area contributed by atoms with Gasteiger partial charge in [-0.15, -0.1) is 0 Å². The number of carbonyl (C=O) groups excluding carboxylic acids is 1. The maximum absolute atomic E-state index is 12.7. The molecule has 0 radical (unpaired) electrons. The summed E-state index contributed by atoms with van der Waals surface area (Å²) in [5.74, 6) is 1.55. The molecule has 0 aliphatic heterocycles. The molecule has 0 spiro atoms. The standard InChI is InChI=1S/C28H50N2O/c1-8-13-16-23(10-3)21-30(22-24(11-4)17-14-9-2)26-19-15-18-25(20-26)29-27(31)28(6,7)12-5/h15,18-20,23-24H,8-14,16-17,21-22H2,1-7H3,(H,29,31). The third-order valence-corrected chi connectivity index (χ3v) is 7.01. The van der Waals surface area contributed by atoms with Gasteiger partial charge in [0.15, 0.2) is 0 Å². The van der Waals surface area contributed by atoms with Gasteiger partial charge in [-0.25, -0.2) is 0 Å². The third kappa shape index (κ3) is 9.66. The quantitative estimate of drug-likeness (QED) is 0.286. The lowest BCUT2D eigenvalue weighted by molar-refractivity contribution is -0.124. The molecular formula is C28H50N2O. The molecule has 0 saturated carbocycles. The molecule has 0 aromatic heterocycles. The zero-order valence-electron chi connectivity index (χ0n) is 21.6. The fourth-order valence-electron chi connectivity index (χ4n) is 3.98. The predicted molar refractivity (Wildman–Crippen MR) is 138 cm³/mol. The van der Waals surface area contributed by atoms with Crippen molar-refractivity contribution in [2.45, 2.75) is 106 Å². The first-order valence-electron chi connectivity index (χ1n) is 13.0. The summed E-state index contributed by atoms with van der Waals surface area (Å²) in [4.78, 5) is 15.3. The largest absolute Gasteiger partial charge is 0.371 e. The molecule has 1 rings (SSSR count). The van der Waals surface area contributed by atoms with E-state index in [-0.39, 0.29) is 11.3 Å². The van der Waals surface area contributed by atoms with Crippen LogP contribution in [0.4, 0.5) is 11.4 Å². The van der Waals surface area contributed by atoms with E-state index < -0.39 is 0 Å². The predicted octanol–water partition coefficient (Wildman–Crippen LogP) is 8.30. The summed E-state index contributed by atoms with van der Waals surface area (Å²) in [5, 5.41) is 3.17. The summed E-state index contributed by atoms with van der Waals surface area (Å²) in [6, 6.07) is 8.52. The molecule has 1 amide bonds. The molecule has 178 valence electrons. The summed E-state index contributed by atoms with van der Waals surface area (Å²) in [7, 11) is 0. The van der Waals surface area contributed by atoms with Crippen LogP contribution < -0.4 is 10.2 Å². The van der Waals surface area contributed by atoms with Crippen LogP contribution in [-0.4, -0.2) is 19.0 Å². The lowest BCUT2D eigenvalue weighted by Gasteiger charge is -2.33. The van der Waals surface area contributed by atoms with Gasteiger partial charge >= 0.3 is 0 Å². The Balaban J connectivity index is 3.08. The number of benzene rings is 1. The molecule has 2 unspecified atom stereocenters. The fraction of sp³-hybridized carbons (Fsp3) is 0.750. The maximum Gasteiger partial charge on any atom is 0.230 e. The molecule has 3 nitrogen and oxygen atoms in total. The van der Waals surface area contributed by atoms with Gasteiger partial charge in [-0.2, -0.15) is 0 Å². The van der Waals surface area contributed by atoms with Crippen LogP contribution in [-0.2, 0) is 4.79 Å². The molecule has 3 heteroatoms. The van der Waals surface area contributed by atoms with Crippen LogP contribution in [0, 0.1) is 17.3 Å². The SMILES string of the molecule is CCCCC(CC)CN(CC(CC)CCCC)c1cccc(NC(=O)C(C)(C)CC)c1. The van der Waals surface area contributed by atoms with E-state index in [1.165, 1.54) is 57.1 Å². The molecule has 1 N–H and O–H groups in total. The van der Waals surface area contributed by atoms with Crippen molar-refractivity contribution in [2.75, 3.05) is 23.3 Å². The first-order valence-corrected chi connectivity index (χ1v) is 13.0. The topological polar surface area (TPSA) is 32.3 Å². The highest BCUT2D eigenvalue weighted by Gasteiger charge is 2.25. The van der Waals surface area contributed by atoms with Gasteiger partial charge in [0.2, 0.25) is 5.91 Å². The molecule has 0 fully saturated rings. The van der Waals surface area contributed by atoms with E-state index in [0.29, 0.717) is 0 Å². The average Bonchev–Trinajstić information content (AvgIpc) is 2.78. The number of anilines is 2. The van der Waals surface area contributed by atoms with Crippen molar-refractivity contribution in [1.82, 2.24) is 0 Å². The Kier molecular flexibility index (Phi) is 12.9. The minimum absolute atomic E-state index is 0.0995. The van der Waals surface area contributed by atoms with Crippen LogP contribution in [0.3, 0.4) is 0 Å². The summed E-state index contributed by atoms with van der Waals surface area (Å²) in [5.41, 5.74) is 1.81. The Morgan fingerprint density at radius 3 is 1.94 bits per heavy atom. The molecule has 0 aliphatic rings. The van der Waals surface area contributed by atoms with Crippen LogP contribution in [0.25, 0.3) is 0 Å². The second-order valence-corrected chi connectivity index (χ2v) is 9.98. The van der Waals surface area contributed by atoms with E-state index in [1.807, 2.05) is 19.9 Å². The van der Waals surface area contributed by atoms with Crippen LogP contribution in [0.15, 0.2) is 24.3 Å². The summed E-state index contributed by atoms with van der Waals surface area (Å²) < 4.78 is 0. The van der Waals surface area contributed by atoms with Crippen molar-refractivity contribution < 1.29 is 4.79 Å². The smallest absolute Gasteiger partial charge is 0.230 e. The second kappa shape index (κ2) is 14.5. The molecule has 0 saturated heterocycles. The van der Waals surface area contributed by atoms with Crippen molar-refractivity contribution in [3.8, 4) is 0 Å². The highest BCUT2D eigenvalue weighted by Crippen LogP contribution is 2.28. The highest BCUT2D eigenvalue weighted by molar-refractivity contribution is 5.95. The van der Waals surface area contributed by atoms with Gasteiger partial charge in [0.25, 0.3) is 0 Å². The van der Waals surface area contributed by atoms with E-state index in [4.69, 9.17) is 0 Å². The fourth-order valence-corrected chi connectivity index (χ4v) is 3.98. The highest BCUT2D eigenvalue weighted by atomic mass is 16.2. The first kappa shape index (κ1) is 27.5. The van der Waals surface area contributed by atoms with Crippen LogP contribution in [0.2, 0.25) is 0 Å². The average molecular weight is 431 g/mol. The number of carbonyl (C=O) groups is 1. The number of amides is 1. The molecule has 0 heterocycles. The van der Waals surface area contributed by atoms with E-state index in [1.54, 1.807) is 0 Å². The molecule has 1 aromatic rings. The second-order valence-electron chi connectivity index (χ2n) is 9.98. The molecule has 31 heavy (non-hydrogen) atoms. The normalized spacial score (nSPS) is 13.6. The van der Waals surface area contributed by atoms with Gasteiger partial charge in [-0.1, -0.05) is 93.1 Å². The minimum atomic E-state index is -0.351. The summed E-state index contributed by atoms with van der Waals surface area (Å²) in [6.07, 6.45) is 11.0. The number of rotatable bonds is 16. The van der Waals surface area contributed by atoms with Crippen molar-refractivity contribution >= 4 is 17.3 Å². The zero-order chi connectivity index (χ0) is 23.3. The van der Waals surface area contributed by atoms with Crippen LogP contribution in [0.1, 0.15) is 106 Å². The Morgan fingerprint density at radius 1 is 0.935 bits per heavy atom. The summed E-state index contributed by atoms with van der Waals surface area (Å²) >= 11 is 0. The van der Waals surface area contributed by atoms with E-state index in [9.17, 15) is 4.79 Å². The maximum atomic E-state index is 12.7. The summed E-state index contributed by atoms with van der Waals surface area (Å²) in [6.45, 7) is 17.5. The minimum Gasteiger partial charge on any atom is -0.371 e. The number of hydrogen-bond donors (Lipinski definition) is 1. The number of hydrogen-bond acceptors (Lipinski definition) is 2. The first-order chi connectivity index (χ1) is 14.8. The van der Waals surface area contributed by atoms with Gasteiger partial charge in [0, 0.05) is 29.9 Å². The van der Waals surface area contributed by atoms with Crippen molar-refractivity contribution in [2.24, 2.45) is 17.3 Å². The number of nitrogens with one attached hydrogen (secondary N) is 1. The molecule has 0 bridgehead atoms. The Morgan fingerprint density at radius 2 is 1.48 bits per heavy atom. The van der Waals surface area contributed by atoms with Crippen LogP contribution >= 0.6 is 0 Å². The zero-order valence-corrected chi connectivity index (χ0v) is 21.6. The van der Waals surface area contributed by atoms with Gasteiger partial charge < -0.3 is 10.2 Å². The van der Waals surface area contributed by atoms with E-state index in [0.717, 1.165) is 37.0 Å². The number of unbranched alkanes of at least 4 members (excludes halogenated alkanes) is 2. The molecule has 1 aromatic carbocycles. The van der Waals surface area contributed by atoms with Crippen molar-refractivity contribution in [3.63, 3.8) is 0 Å². The molecule has 0 aliphatic carbocycles. The van der Waals surface area contributed by atoms with Crippen molar-refractivity contribution in [3.05, 3.63) is 24.3 Å². The van der Waals surface area contributed by atoms with E-state index in [2.05, 4.69) is 63.0 Å². The molecule has 2 atom stereocenters. The molecular weight excluding hydrogens is 380 g/mol. The van der Waals surface area contributed by atoms with Gasteiger partial charge in [0.05, 0.1) is 0 Å². The Bertz CT molecular complexity index is 607. The van der Waals surface area contributed by atoms with E-state index >= 15 is 0 Å². The van der Waals surface area contributed by atoms with Gasteiger partial charge in [-0.05, 0) is 49.3 Å². The Labute approximate surface area is 193 Å². The Hall–Kier alpha value is -1.51. The van der Waals surface area contributed by atoms with Gasteiger partial charge in [-0.3, -0.25) is 4.79 Å². The van der Waals surface area contributed by atoms with Gasteiger partial charge in [0.1, 0.15) is 0 Å². The lowest BCUT2D eigenvalue weighted by Crippen LogP contribution is -2.34. The van der Waals surface area contributed by atoms with Crippen molar-refractivity contribution in [1.29, 1.82) is 0 Å². The lowest BCUT2D eigenvalue weighted by atomic mass is 9.89. The monoisotopic (exact) mass is 430 g/mol. The third-order valence-electron chi connectivity index (χ3n) is 7.01. The van der Waals surface area contributed by atoms with Crippen LogP contribution in [0.5, 0.6) is 0 Å².